The van der Waals surface area contributed by atoms with Crippen LogP contribution < -0.4 is 58.5 Å². The number of ether oxygens (including phenoxy) is 9. The van der Waals surface area contributed by atoms with Gasteiger partial charge in [-0.3, -0.25) is 54.1 Å². The highest BCUT2D eigenvalue weighted by molar-refractivity contribution is 6.21. The molecule has 0 saturated carbocycles. The molecule has 17 aromatic rings. The third-order valence-electron chi connectivity index (χ3n) is 24.9. The minimum Gasteiger partial charge on any atom is -0.497 e. The van der Waals surface area contributed by atoms with E-state index in [0.717, 1.165) is 181 Å². The smallest absolute Gasteiger partial charge is 0.307 e. The molecule has 36 nitrogen and oxygen atoms in total. The van der Waals surface area contributed by atoms with E-state index in [1.165, 1.54) is 36.4 Å². The highest BCUT2D eigenvalue weighted by Crippen LogP contribution is 2.41. The number of anilines is 8. The molecule has 8 aromatic heterocycles. The zero-order valence-corrected chi connectivity index (χ0v) is 81.9. The van der Waals surface area contributed by atoms with E-state index in [1.54, 1.807) is 140 Å². The summed E-state index contributed by atoms with van der Waals surface area (Å²) in [6.45, 7) is 11.5. The Kier molecular flexibility index (Phi) is 39.5. The molecule has 5 N–H and O–H groups in total. The van der Waals surface area contributed by atoms with Crippen LogP contribution in [-0.4, -0.2) is 241 Å². The van der Waals surface area contributed by atoms with Gasteiger partial charge in [0.05, 0.1) is 190 Å². The molecule has 1 atom stereocenters. The number of esters is 1. The van der Waals surface area contributed by atoms with Crippen LogP contribution in [0.3, 0.4) is 0 Å². The van der Waals surface area contributed by atoms with Crippen LogP contribution in [0.4, 0.5) is 45.5 Å². The number of nitrogens with two attached hydrogens (primary N) is 1. The summed E-state index contributed by atoms with van der Waals surface area (Å²) in [6.07, 6.45) is 29.3. The third kappa shape index (κ3) is 27.0. The van der Waals surface area contributed by atoms with Crippen molar-refractivity contribution in [3.05, 3.63) is 261 Å². The van der Waals surface area contributed by atoms with Gasteiger partial charge in [0.15, 0.2) is 0 Å². The van der Waals surface area contributed by atoms with Crippen molar-refractivity contribution >= 4 is 107 Å². The van der Waals surface area contributed by atoms with Crippen molar-refractivity contribution < 1.29 is 62.1 Å². The summed E-state index contributed by atoms with van der Waals surface area (Å²) < 4.78 is 53.4. The molecule has 149 heavy (non-hydrogen) atoms. The van der Waals surface area contributed by atoms with Gasteiger partial charge in [-0.15, -0.1) is 0 Å². The maximum absolute atomic E-state index is 13.2. The Morgan fingerprint density at radius 2 is 0.872 bits per heavy atom. The Bertz CT molecular complexity index is 7180. The number of rotatable bonds is 36. The van der Waals surface area contributed by atoms with E-state index < -0.39 is 0 Å². The minimum atomic E-state index is -0.299. The van der Waals surface area contributed by atoms with Crippen LogP contribution in [0, 0.1) is 0 Å². The van der Waals surface area contributed by atoms with Crippen molar-refractivity contribution in [1.29, 1.82) is 0 Å². The number of hydrogen-bond donors (Lipinski definition) is 4. The predicted octanol–water partition coefficient (Wildman–Crippen LogP) is 20.7. The fraction of sp³-hybridized carbons (Fsp3) is 0.319. The molecule has 0 spiro atoms. The standard InChI is InChI=1S/C34H32N6O5.C27H32N6O3.C25H27N5O4.C22H24N6O.5CH4/c1-43-25-15-24(16-26(18-25)44-2)38(12-13-39-33(41)27-7-3-4-8-28(27)34(39)42)23-10-11-29-30(17-23)37-31(20-35-29)22-19-36-40(21-22)32-9-5-6-14-45-32;1-35-23-13-22(14-24(16-23)36-12-11-34)33(10-4-9-32-7-2-3-8-32)21-5-6-25-26(15-21)31-27(19-28-25)20-17-29-30-18-20;1-5-34-25(31)8-9-30(19-10-20(32-3)13-21(11-19)33-4)18-6-7-22-23(12-18)28-24(15-26-22)17-14-27-29(2)16-17;1-3-15-8-18(10-19(9-15)29-2)28(7-6-23)17-4-5-20-21(11-17)27-22(14-24-20)16-12-25-26-13-16;;;;;/h3-4,7-8,10-11,15-21,32H,5-6,9,12-14H2,1-2H3;5-6,13-19,34H,2-4,7-12H2,1H3,(H,29,30);6-7,10-16H,5,8-9H2,1-4H3;4-5,8-14H,3,6-7,23H2,1-2H3,(H,25,26);5*1H4. The van der Waals surface area contributed by atoms with Gasteiger partial charge in [0.2, 0.25) is 0 Å². The lowest BCUT2D eigenvalue weighted by atomic mass is 10.1. The zero-order valence-electron chi connectivity index (χ0n) is 81.9. The monoisotopic (exact) mass is 2020 g/mol. The molecule has 2 fully saturated rings. The number of carbonyl (C=O) groups excluding carboxylic acids is 3. The molecule has 20 rings (SSSR count). The summed E-state index contributed by atoms with van der Waals surface area (Å²) in [5.74, 6) is 3.85. The van der Waals surface area contributed by atoms with Crippen molar-refractivity contribution in [1.82, 2.24) is 89.6 Å². The Hall–Kier alpha value is -16.6. The number of nitrogens with one attached hydrogen (secondary N) is 2. The molecule has 780 valence electrons. The molecule has 11 heterocycles. The quantitative estimate of drug-likeness (QED) is 0.0209. The Balaban J connectivity index is 0.000000176. The second kappa shape index (κ2) is 53.0. The highest BCUT2D eigenvalue weighted by atomic mass is 16.5. The fourth-order valence-electron chi connectivity index (χ4n) is 17.5. The number of aliphatic hydroxyl groups excluding tert-OH is 1. The number of fused-ring (bicyclic) bond motifs is 5. The molecule has 1 unspecified atom stereocenters. The number of carbonyl (C=O) groups is 3. The van der Waals surface area contributed by atoms with Crippen molar-refractivity contribution in [3.8, 4) is 85.3 Å². The number of methoxy groups -OCH3 is 6. The Morgan fingerprint density at radius 3 is 1.29 bits per heavy atom. The first kappa shape index (κ1) is 111. The van der Waals surface area contributed by atoms with E-state index in [4.69, 9.17) is 68.3 Å². The van der Waals surface area contributed by atoms with Gasteiger partial charge in [-0.1, -0.05) is 56.2 Å². The lowest BCUT2D eigenvalue weighted by Crippen LogP contribution is -2.36. The van der Waals surface area contributed by atoms with E-state index in [2.05, 4.69) is 102 Å². The molecule has 9 aromatic carbocycles. The lowest BCUT2D eigenvalue weighted by Gasteiger charge is -2.28. The summed E-state index contributed by atoms with van der Waals surface area (Å²) in [7, 11) is 11.6. The van der Waals surface area contributed by atoms with Crippen molar-refractivity contribution in [2.24, 2.45) is 12.8 Å². The Morgan fingerprint density at radius 1 is 0.450 bits per heavy atom. The van der Waals surface area contributed by atoms with Crippen LogP contribution in [0.15, 0.2) is 244 Å². The number of likely N-dealkylation sites (tertiary alicyclic amines) is 1. The first-order valence-electron chi connectivity index (χ1n) is 47.9. The number of hydrogen-bond acceptors (Lipinski definition) is 31. The number of aromatic amines is 2. The normalized spacial score (nSPS) is 12.9. The number of aromatic nitrogens is 16. The Labute approximate surface area is 869 Å². The maximum atomic E-state index is 13.2. The van der Waals surface area contributed by atoms with Crippen molar-refractivity contribution in [2.75, 3.05) is 148 Å². The summed E-state index contributed by atoms with van der Waals surface area (Å²) in [5.41, 5.74) is 28.0. The van der Waals surface area contributed by atoms with Crippen molar-refractivity contribution in [2.45, 2.75) is 109 Å². The van der Waals surface area contributed by atoms with Crippen LogP contribution >= 0.6 is 0 Å². The average molecular weight is 2020 g/mol. The molecule has 0 bridgehead atoms. The van der Waals surface area contributed by atoms with Gasteiger partial charge in [-0.25, -0.2) is 24.6 Å². The van der Waals surface area contributed by atoms with Gasteiger partial charge in [0.25, 0.3) is 11.8 Å². The fourth-order valence-corrected chi connectivity index (χ4v) is 17.5. The molecule has 2 saturated heterocycles. The van der Waals surface area contributed by atoms with E-state index in [1.807, 2.05) is 149 Å². The molecule has 3 aliphatic heterocycles. The lowest BCUT2D eigenvalue weighted by molar-refractivity contribution is -0.142. The molecular formula is C113H135N23O13. The topological polar surface area (TPSA) is 396 Å². The number of benzene rings is 9. The summed E-state index contributed by atoms with van der Waals surface area (Å²) >= 11 is 0. The predicted molar refractivity (Wildman–Crippen MR) is 587 cm³/mol. The third-order valence-corrected chi connectivity index (χ3v) is 24.9. The molecular weight excluding hydrogens is 1890 g/mol. The van der Waals surface area contributed by atoms with Crippen LogP contribution in [0.25, 0.3) is 89.2 Å². The van der Waals surface area contributed by atoms with E-state index in [9.17, 15) is 19.5 Å². The van der Waals surface area contributed by atoms with Crippen molar-refractivity contribution in [3.63, 3.8) is 0 Å². The number of imide groups is 1. The van der Waals surface area contributed by atoms with Crippen LogP contribution in [-0.2, 0) is 27.7 Å². The van der Waals surface area contributed by atoms with E-state index in [0.29, 0.717) is 89.6 Å². The van der Waals surface area contributed by atoms with Crippen LogP contribution in [0.1, 0.15) is 128 Å². The maximum Gasteiger partial charge on any atom is 0.307 e. The van der Waals surface area contributed by atoms with E-state index >= 15 is 0 Å². The van der Waals surface area contributed by atoms with Crippen LogP contribution in [0.2, 0.25) is 0 Å². The van der Waals surface area contributed by atoms with Gasteiger partial charge in [0, 0.05) is 206 Å². The minimum absolute atomic E-state index is 0. The average Bonchev–Trinajstić information content (AvgIpc) is 1.48. The summed E-state index contributed by atoms with van der Waals surface area (Å²) in [4.78, 5) is 88.5. The van der Waals surface area contributed by atoms with Gasteiger partial charge in [0.1, 0.15) is 53.1 Å². The second-order valence-electron chi connectivity index (χ2n) is 34.3. The number of aryl methyl sites for hydroxylation is 2. The van der Waals surface area contributed by atoms with Crippen LogP contribution in [0.5, 0.6) is 40.2 Å². The second-order valence-corrected chi connectivity index (χ2v) is 34.3. The first-order valence-corrected chi connectivity index (χ1v) is 47.9. The van der Waals surface area contributed by atoms with E-state index in [-0.39, 0.29) is 87.3 Å². The summed E-state index contributed by atoms with van der Waals surface area (Å²) in [5, 5.41) is 31.7. The molecule has 3 aliphatic rings. The number of aliphatic hydroxyl groups is 1. The van der Waals surface area contributed by atoms with Gasteiger partial charge in [-0.05, 0) is 174 Å². The molecule has 2 amide bonds. The molecule has 0 radical (unpaired) electrons. The van der Waals surface area contributed by atoms with Gasteiger partial charge in [-0.2, -0.15) is 20.4 Å². The SMILES string of the molecule is C.C.C.C.C.CCOC(=O)CCN(c1cc(OC)cc(OC)c1)c1ccc2ncc(-c3cnn(C)c3)nc2c1.CCc1cc(OC)cc(N(CCN)c2ccc3ncc(-c4cn[nH]c4)nc3c2)c1.COc1cc(OC)cc(N(CCN2C(=O)c3ccccc3C2=O)c2ccc3ncc(-c4cnn(C5CCCCO5)c4)nc3c2)c1.COc1cc(OCCO)cc(N(CCCN2CCCC2)c2ccc3ncc(-c4cn[nH]c4)nc3c2)c1. The van der Waals surface area contributed by atoms with Gasteiger partial charge < -0.3 is 78.0 Å². The first-order chi connectivity index (χ1) is 70.5. The largest absolute Gasteiger partial charge is 0.497 e. The highest BCUT2D eigenvalue weighted by Gasteiger charge is 2.36. The van der Waals surface area contributed by atoms with Gasteiger partial charge >= 0.3 is 5.97 Å². The number of nitrogens with zero attached hydrogens (tertiary/aromatic N) is 20. The molecule has 0 aliphatic carbocycles. The molecule has 36 heteroatoms. The summed E-state index contributed by atoms with van der Waals surface area (Å²) in [6, 6.07) is 54.1. The number of amides is 2. The number of H-pyrrole nitrogens is 2. The zero-order chi connectivity index (χ0) is 100.0.